The molecule has 180 valence electrons. The molecule has 3 atom stereocenters. The zero-order valence-electron chi connectivity index (χ0n) is 19.8. The summed E-state index contributed by atoms with van der Waals surface area (Å²) in [5.41, 5.74) is 6.21. The highest BCUT2D eigenvalue weighted by molar-refractivity contribution is 6.74. The molecule has 0 radical (unpaired) electrons. The number of carbonyl (C=O) groups is 3. The summed E-state index contributed by atoms with van der Waals surface area (Å²) < 4.78 is 11.1. The minimum Gasteiger partial charge on any atom is -0.445 e. The highest BCUT2D eigenvalue weighted by Crippen LogP contribution is 2.36. The topological polar surface area (TPSA) is 140 Å². The molecule has 0 bridgehead atoms. The van der Waals surface area contributed by atoms with Crippen LogP contribution in [0.2, 0.25) is 18.1 Å². The van der Waals surface area contributed by atoms with Gasteiger partial charge in [0.15, 0.2) is 8.32 Å². The smallest absolute Gasteiger partial charge is 0.408 e. The van der Waals surface area contributed by atoms with Crippen molar-refractivity contribution in [3.05, 3.63) is 35.9 Å². The number of aliphatic hydroxyl groups excluding tert-OH is 1. The lowest BCUT2D eigenvalue weighted by Crippen LogP contribution is -2.57. The molecule has 0 heterocycles. The van der Waals surface area contributed by atoms with E-state index in [1.54, 1.807) is 24.3 Å². The van der Waals surface area contributed by atoms with Gasteiger partial charge in [0.1, 0.15) is 18.7 Å². The van der Waals surface area contributed by atoms with Crippen LogP contribution in [0.15, 0.2) is 30.3 Å². The summed E-state index contributed by atoms with van der Waals surface area (Å²) in [6, 6.07) is 6.70. The Labute approximate surface area is 191 Å². The number of amides is 3. The van der Waals surface area contributed by atoms with Gasteiger partial charge in [0, 0.05) is 6.61 Å². The van der Waals surface area contributed by atoms with Crippen molar-refractivity contribution in [3.8, 4) is 0 Å². The van der Waals surface area contributed by atoms with Crippen molar-refractivity contribution in [3.63, 3.8) is 0 Å². The molecule has 10 heteroatoms. The summed E-state index contributed by atoms with van der Waals surface area (Å²) in [4.78, 5) is 36.6. The molecule has 5 N–H and O–H groups in total. The number of nitrogens with two attached hydrogens (primary N) is 1. The first-order valence-corrected chi connectivity index (χ1v) is 13.5. The molecule has 0 spiro atoms. The lowest BCUT2D eigenvalue weighted by atomic mass is 10.1. The van der Waals surface area contributed by atoms with Crippen LogP contribution >= 0.6 is 0 Å². The number of nitrogens with one attached hydrogen (secondary N) is 2. The van der Waals surface area contributed by atoms with Crippen molar-refractivity contribution in [1.29, 1.82) is 0 Å². The third-order valence-corrected chi connectivity index (χ3v) is 10.1. The van der Waals surface area contributed by atoms with Crippen LogP contribution in [0.5, 0.6) is 0 Å². The van der Waals surface area contributed by atoms with Crippen LogP contribution in [-0.2, 0) is 25.4 Å². The fourth-order valence-corrected chi connectivity index (χ4v) is 3.55. The van der Waals surface area contributed by atoms with E-state index >= 15 is 0 Å². The van der Waals surface area contributed by atoms with Gasteiger partial charge in [0.05, 0.1) is 6.10 Å². The van der Waals surface area contributed by atoms with Gasteiger partial charge in [0.25, 0.3) is 0 Å². The molecule has 9 nitrogen and oxygen atoms in total. The van der Waals surface area contributed by atoms with E-state index in [0.717, 1.165) is 5.56 Å². The first-order valence-electron chi connectivity index (χ1n) is 10.6. The van der Waals surface area contributed by atoms with Gasteiger partial charge in [-0.2, -0.15) is 0 Å². The number of rotatable bonds is 11. The highest BCUT2D eigenvalue weighted by Gasteiger charge is 2.37. The third kappa shape index (κ3) is 8.97. The Kier molecular flexibility index (Phi) is 10.3. The van der Waals surface area contributed by atoms with Crippen LogP contribution in [0.4, 0.5) is 4.79 Å². The summed E-state index contributed by atoms with van der Waals surface area (Å²) in [5.74, 6) is -1.47. The number of benzene rings is 1. The number of aliphatic hydroxyl groups is 1. The van der Waals surface area contributed by atoms with Gasteiger partial charge in [-0.1, -0.05) is 51.1 Å². The Morgan fingerprint density at radius 2 is 1.72 bits per heavy atom. The average Bonchev–Trinajstić information content (AvgIpc) is 2.69. The molecular formula is C22H37N3O6Si. The second-order valence-corrected chi connectivity index (χ2v) is 14.1. The normalized spacial score (nSPS) is 14.7. The van der Waals surface area contributed by atoms with E-state index in [9.17, 15) is 19.5 Å². The first-order chi connectivity index (χ1) is 14.7. The second kappa shape index (κ2) is 12.0. The van der Waals surface area contributed by atoms with Gasteiger partial charge in [-0.15, -0.1) is 0 Å². The monoisotopic (exact) mass is 467 g/mol. The molecule has 3 amide bonds. The minimum atomic E-state index is -2.02. The Balaban J connectivity index is 2.66. The van der Waals surface area contributed by atoms with Crippen LogP contribution in [0.1, 0.15) is 39.7 Å². The van der Waals surface area contributed by atoms with Gasteiger partial charge in [-0.3, -0.25) is 9.59 Å². The molecule has 0 saturated heterocycles. The van der Waals surface area contributed by atoms with E-state index in [0.29, 0.717) is 0 Å². The van der Waals surface area contributed by atoms with Crippen molar-refractivity contribution in [1.82, 2.24) is 10.6 Å². The van der Waals surface area contributed by atoms with Crippen LogP contribution < -0.4 is 16.4 Å². The average molecular weight is 468 g/mol. The molecule has 0 aromatic heterocycles. The summed E-state index contributed by atoms with van der Waals surface area (Å²) in [7, 11) is -2.02. The second-order valence-electron chi connectivity index (χ2n) is 9.29. The van der Waals surface area contributed by atoms with E-state index in [1.807, 2.05) is 6.07 Å². The lowest BCUT2D eigenvalue weighted by Gasteiger charge is -2.36. The zero-order chi connectivity index (χ0) is 24.5. The van der Waals surface area contributed by atoms with Gasteiger partial charge in [-0.05, 0) is 37.0 Å². The SMILES string of the molecule is C[C@@H](O)[C@H](NC(=O)OCc1ccccc1)C(=O)N[C@H](CCO[Si](C)(C)C(C)(C)C)C(N)=O. The molecule has 0 unspecified atom stereocenters. The van der Waals surface area contributed by atoms with Crippen molar-refractivity contribution >= 4 is 26.2 Å². The molecule has 0 aliphatic carbocycles. The van der Waals surface area contributed by atoms with Crippen LogP contribution in [0, 0.1) is 0 Å². The molecule has 32 heavy (non-hydrogen) atoms. The standard InChI is InChI=1S/C22H37N3O6Si/c1-15(26)18(25-21(29)30-14-16-10-8-7-9-11-16)20(28)24-17(19(23)27)12-13-31-32(5,6)22(2,3)4/h7-11,15,17-18,26H,12-14H2,1-6H3,(H2,23,27)(H,24,28)(H,25,29)/t15-,17-,18+/m1/s1. The largest absolute Gasteiger partial charge is 0.445 e. The number of hydrogen-bond acceptors (Lipinski definition) is 6. The van der Waals surface area contributed by atoms with Crippen molar-refractivity contribution < 1.29 is 28.7 Å². The predicted molar refractivity (Wildman–Crippen MR) is 124 cm³/mol. The predicted octanol–water partition coefficient (Wildman–Crippen LogP) is 2.04. The molecule has 0 aliphatic rings. The summed E-state index contributed by atoms with van der Waals surface area (Å²) in [6.07, 6.45) is -1.92. The number of ether oxygens (including phenoxy) is 1. The van der Waals surface area contributed by atoms with E-state index in [4.69, 9.17) is 14.9 Å². The Morgan fingerprint density at radius 3 is 2.22 bits per heavy atom. The lowest BCUT2D eigenvalue weighted by molar-refractivity contribution is -0.130. The van der Waals surface area contributed by atoms with E-state index in [-0.39, 0.29) is 24.7 Å². The van der Waals surface area contributed by atoms with Crippen LogP contribution in [0.3, 0.4) is 0 Å². The van der Waals surface area contributed by atoms with Gasteiger partial charge < -0.3 is 30.6 Å². The van der Waals surface area contributed by atoms with Crippen LogP contribution in [-0.4, -0.2) is 56.1 Å². The first kappa shape index (κ1) is 27.6. The quantitative estimate of drug-likeness (QED) is 0.367. The van der Waals surface area contributed by atoms with E-state index in [1.165, 1.54) is 6.92 Å². The fourth-order valence-electron chi connectivity index (χ4n) is 2.49. The molecule has 1 aromatic rings. The Morgan fingerprint density at radius 1 is 1.12 bits per heavy atom. The number of primary amides is 1. The maximum absolute atomic E-state index is 12.6. The Hall–Kier alpha value is -2.43. The molecule has 1 rings (SSSR count). The fraction of sp³-hybridized carbons (Fsp3) is 0.591. The molecule has 0 fully saturated rings. The van der Waals surface area contributed by atoms with E-state index < -0.39 is 44.4 Å². The molecule has 0 saturated carbocycles. The van der Waals surface area contributed by atoms with Crippen molar-refractivity contribution in [2.24, 2.45) is 5.73 Å². The Bertz CT molecular complexity index is 765. The number of alkyl carbamates (subject to hydrolysis) is 1. The summed E-state index contributed by atoms with van der Waals surface area (Å²) in [6.45, 7) is 12.1. The molecule has 0 aliphatic heterocycles. The maximum Gasteiger partial charge on any atom is 0.408 e. The zero-order valence-corrected chi connectivity index (χ0v) is 20.8. The highest BCUT2D eigenvalue weighted by atomic mass is 28.4. The van der Waals surface area contributed by atoms with Crippen molar-refractivity contribution in [2.45, 2.75) is 77.0 Å². The van der Waals surface area contributed by atoms with E-state index in [2.05, 4.69) is 44.5 Å². The van der Waals surface area contributed by atoms with Gasteiger partial charge in [-0.25, -0.2) is 4.79 Å². The number of hydrogen-bond donors (Lipinski definition) is 4. The number of carbonyl (C=O) groups excluding carboxylic acids is 3. The molecule has 1 aromatic carbocycles. The van der Waals surface area contributed by atoms with Crippen LogP contribution in [0.25, 0.3) is 0 Å². The third-order valence-electron chi connectivity index (χ3n) is 5.59. The summed E-state index contributed by atoms with van der Waals surface area (Å²) in [5, 5.41) is 14.8. The minimum absolute atomic E-state index is 0.0000839. The van der Waals surface area contributed by atoms with Gasteiger partial charge in [0.2, 0.25) is 11.8 Å². The molecular weight excluding hydrogens is 430 g/mol. The maximum atomic E-state index is 12.6. The van der Waals surface area contributed by atoms with Crippen molar-refractivity contribution in [2.75, 3.05) is 6.61 Å². The summed E-state index contributed by atoms with van der Waals surface area (Å²) >= 11 is 0. The van der Waals surface area contributed by atoms with Gasteiger partial charge >= 0.3 is 6.09 Å².